The molecule has 2 heteroatoms. The highest BCUT2D eigenvalue weighted by molar-refractivity contribution is 5.28. The lowest BCUT2D eigenvalue weighted by atomic mass is 10.3. The van der Waals surface area contributed by atoms with Gasteiger partial charge in [-0.05, 0) is 12.1 Å². The lowest BCUT2D eigenvalue weighted by molar-refractivity contribution is -0.690. The van der Waals surface area contributed by atoms with Crippen molar-refractivity contribution < 1.29 is 4.68 Å². The summed E-state index contributed by atoms with van der Waals surface area (Å²) in [5, 5.41) is 0. The fourth-order valence-corrected chi connectivity index (χ4v) is 1.19. The van der Waals surface area contributed by atoms with Gasteiger partial charge in [0.25, 0.3) is 0 Å². The molecule has 1 aromatic carbocycles. The van der Waals surface area contributed by atoms with Crippen molar-refractivity contribution in [1.82, 2.24) is 4.68 Å². The van der Waals surface area contributed by atoms with Gasteiger partial charge in [-0.25, -0.2) is 4.68 Å². The van der Waals surface area contributed by atoms with Gasteiger partial charge in [-0.3, -0.25) is 0 Å². The summed E-state index contributed by atoms with van der Waals surface area (Å²) in [6.45, 7) is 0. The van der Waals surface area contributed by atoms with Crippen LogP contribution < -0.4 is 4.68 Å². The van der Waals surface area contributed by atoms with Crippen molar-refractivity contribution in [3.8, 4) is 5.69 Å². The van der Waals surface area contributed by atoms with Crippen LogP contribution in [-0.2, 0) is 0 Å². The van der Waals surface area contributed by atoms with Crippen LogP contribution in [0.1, 0.15) is 0 Å². The summed E-state index contributed by atoms with van der Waals surface area (Å²) in [7, 11) is 3.84. The van der Waals surface area contributed by atoms with Gasteiger partial charge in [-0.15, -0.1) is 0 Å². The van der Waals surface area contributed by atoms with Crippen LogP contribution in [0.4, 0.5) is 0 Å². The molecule has 0 aliphatic rings. The van der Waals surface area contributed by atoms with Crippen molar-refractivity contribution in [2.75, 3.05) is 0 Å². The second-order valence-electron chi connectivity index (χ2n) is 2.61. The van der Waals surface area contributed by atoms with E-state index in [1.54, 1.807) is 4.68 Å². The maximum Gasteiger partial charge on any atom is 0.101 e. The molecule has 0 spiro atoms. The summed E-state index contributed by atoms with van der Waals surface area (Å²) in [6.07, 6.45) is 3.88. The number of hydrogen-bond acceptors (Lipinski definition) is 0. The van der Waals surface area contributed by atoms with Gasteiger partial charge < -0.3 is 0 Å². The van der Waals surface area contributed by atoms with Crippen LogP contribution in [-0.4, -0.2) is 4.68 Å². The average molecular weight is 158 g/mol. The Balaban J connectivity index is 2.51. The Kier molecular flexibility index (Phi) is 1.59. The van der Waals surface area contributed by atoms with Gasteiger partial charge in [0.05, 0.1) is 12.4 Å². The van der Waals surface area contributed by atoms with Crippen LogP contribution in [0.2, 0.25) is 0 Å². The van der Waals surface area contributed by atoms with Crippen LogP contribution >= 0.6 is 0 Å². The highest BCUT2D eigenvalue weighted by Crippen LogP contribution is 2.02. The van der Waals surface area contributed by atoms with Gasteiger partial charge in [0.2, 0.25) is 0 Å². The number of para-hydroxylation sites is 1. The predicted octanol–water partition coefficient (Wildman–Crippen LogP) is 1.40. The Morgan fingerprint density at radius 2 is 1.83 bits per heavy atom. The van der Waals surface area contributed by atoms with Crippen LogP contribution in [0.3, 0.4) is 0 Å². The fourth-order valence-electron chi connectivity index (χ4n) is 1.19. The zero-order valence-corrected chi connectivity index (χ0v) is 6.72. The Morgan fingerprint density at radius 3 is 2.42 bits per heavy atom. The smallest absolute Gasteiger partial charge is 0.101 e. The van der Waals surface area contributed by atoms with E-state index < -0.39 is 0 Å². The monoisotopic (exact) mass is 158 g/mol. The molecule has 60 valence electrons. The van der Waals surface area contributed by atoms with E-state index in [0.29, 0.717) is 0 Å². The lowest BCUT2D eigenvalue weighted by Crippen LogP contribution is -2.34. The molecule has 0 radical (unpaired) electrons. The summed E-state index contributed by atoms with van der Waals surface area (Å²) in [6, 6.07) is 12.1. The molecule has 0 unspecified atom stereocenters. The Labute approximate surface area is 71.7 Å². The van der Waals surface area contributed by atoms with E-state index in [9.17, 15) is 0 Å². The molecule has 1 heterocycles. The topological polar surface area (TPSA) is 8.81 Å². The molecule has 0 aliphatic carbocycles. The van der Waals surface area contributed by atoms with E-state index in [-0.39, 0.29) is 0 Å². The van der Waals surface area contributed by atoms with Gasteiger partial charge in [-0.2, -0.15) is 4.68 Å². The van der Waals surface area contributed by atoms with Crippen molar-refractivity contribution in [1.29, 1.82) is 0 Å². The second-order valence-corrected chi connectivity index (χ2v) is 2.61. The van der Waals surface area contributed by atoms with Crippen LogP contribution in [0, 0.1) is 7.05 Å². The first-order chi connectivity index (χ1) is 5.88. The Bertz CT molecular complexity index is 362. The Hall–Kier alpha value is -1.70. The highest BCUT2D eigenvalue weighted by atomic mass is 15.4. The predicted molar refractivity (Wildman–Crippen MR) is 46.7 cm³/mol. The second kappa shape index (κ2) is 2.74. The summed E-state index contributed by atoms with van der Waals surface area (Å²) in [5.41, 5.74) is 1.12. The van der Waals surface area contributed by atoms with E-state index in [4.69, 9.17) is 0 Å². The van der Waals surface area contributed by atoms with E-state index in [1.165, 1.54) is 0 Å². The zero-order valence-electron chi connectivity index (χ0n) is 6.72. The van der Waals surface area contributed by atoms with Gasteiger partial charge in [-0.1, -0.05) is 24.3 Å². The number of nitrogens with zero attached hydrogens (tertiary/aromatic N) is 2. The highest BCUT2D eigenvalue weighted by Gasteiger charge is 1.97. The molecule has 0 aliphatic heterocycles. The Morgan fingerprint density at radius 1 is 1.08 bits per heavy atom. The summed E-state index contributed by atoms with van der Waals surface area (Å²) in [5.74, 6) is 0. The van der Waals surface area contributed by atoms with Gasteiger partial charge in [0, 0.05) is 7.05 Å². The first-order valence-corrected chi connectivity index (χ1v) is 3.83. The van der Waals surface area contributed by atoms with E-state index in [2.05, 4.69) is 7.05 Å². The number of rotatable bonds is 1. The van der Waals surface area contributed by atoms with Crippen molar-refractivity contribution in [3.05, 3.63) is 55.8 Å². The first kappa shape index (κ1) is 6.98. The van der Waals surface area contributed by atoms with Crippen LogP contribution in [0.25, 0.3) is 5.69 Å². The molecule has 0 amide bonds. The summed E-state index contributed by atoms with van der Waals surface area (Å²) < 4.78 is 3.76. The normalized spacial score (nSPS) is 10.0. The summed E-state index contributed by atoms with van der Waals surface area (Å²) in [4.78, 5) is 0. The van der Waals surface area contributed by atoms with Gasteiger partial charge >= 0.3 is 0 Å². The lowest BCUT2D eigenvalue weighted by Gasteiger charge is -2.01. The molecule has 1 aromatic heterocycles. The number of hydrogen-bond donors (Lipinski definition) is 0. The van der Waals surface area contributed by atoms with Crippen molar-refractivity contribution in [2.45, 2.75) is 0 Å². The standard InChI is InChI=1S/C10H10N2/c1-11-8-5-9-12(11)10-6-3-2-4-7-10/h2-9H,1H2. The van der Waals surface area contributed by atoms with Crippen LogP contribution in [0.5, 0.6) is 0 Å². The third kappa shape index (κ3) is 1.07. The molecule has 0 saturated carbocycles. The van der Waals surface area contributed by atoms with Gasteiger partial charge in [0.1, 0.15) is 5.69 Å². The average Bonchev–Trinajstić information content (AvgIpc) is 2.53. The molecule has 2 rings (SSSR count). The molecule has 2 nitrogen and oxygen atoms in total. The quantitative estimate of drug-likeness (QED) is 0.438. The van der Waals surface area contributed by atoms with E-state index in [0.717, 1.165) is 5.69 Å². The molecule has 0 bridgehead atoms. The molecule has 0 saturated heterocycles. The maximum atomic E-state index is 3.84. The van der Waals surface area contributed by atoms with Crippen molar-refractivity contribution in [2.24, 2.45) is 0 Å². The molecular formula is C10H10N2. The molecule has 2 aromatic rings. The molecule has 12 heavy (non-hydrogen) atoms. The third-order valence-corrected chi connectivity index (χ3v) is 1.78. The SMILES string of the molecule is [CH2-][n+]1cccn1-c1ccccc1. The van der Waals surface area contributed by atoms with Crippen molar-refractivity contribution >= 4 is 0 Å². The zero-order chi connectivity index (χ0) is 8.39. The minimum atomic E-state index is 1.12. The molecule has 0 atom stereocenters. The molecular weight excluding hydrogens is 148 g/mol. The molecule has 0 fully saturated rings. The minimum absolute atomic E-state index is 1.12. The number of aromatic nitrogens is 2. The molecule has 0 N–H and O–H groups in total. The van der Waals surface area contributed by atoms with Gasteiger partial charge in [0.15, 0.2) is 0 Å². The largest absolute Gasteiger partial charge is 0.242 e. The minimum Gasteiger partial charge on any atom is -0.242 e. The van der Waals surface area contributed by atoms with Crippen molar-refractivity contribution in [3.63, 3.8) is 0 Å². The van der Waals surface area contributed by atoms with E-state index in [1.807, 2.05) is 53.5 Å². The fraction of sp³-hybridized carbons (Fsp3) is 0. The third-order valence-electron chi connectivity index (χ3n) is 1.78. The number of benzene rings is 1. The summed E-state index contributed by atoms with van der Waals surface area (Å²) >= 11 is 0. The van der Waals surface area contributed by atoms with E-state index >= 15 is 0 Å². The van der Waals surface area contributed by atoms with Crippen LogP contribution in [0.15, 0.2) is 48.8 Å². The first-order valence-electron chi connectivity index (χ1n) is 3.83. The maximum absolute atomic E-state index is 3.84.